The maximum Gasteiger partial charge on any atom is 0.0686 e. The molecule has 0 unspecified atom stereocenters. The topological polar surface area (TPSA) is 52.0 Å². The normalized spacial score (nSPS) is 11.0. The summed E-state index contributed by atoms with van der Waals surface area (Å²) in [6.07, 6.45) is 3.72. The Labute approximate surface area is 116 Å². The van der Waals surface area contributed by atoms with E-state index in [1.54, 1.807) is 6.07 Å². The summed E-state index contributed by atoms with van der Waals surface area (Å²) in [6, 6.07) is 11.4. The molecule has 2 rings (SSSR count). The number of nitrogen functional groups attached to an aromatic ring is 2. The van der Waals surface area contributed by atoms with Gasteiger partial charge in [-0.3, -0.25) is 0 Å². The lowest BCUT2D eigenvalue weighted by molar-refractivity contribution is 1.62. The molecule has 0 spiro atoms. The summed E-state index contributed by atoms with van der Waals surface area (Å²) >= 11 is 12.1. The molecule has 0 bridgehead atoms. The highest BCUT2D eigenvalue weighted by atomic mass is 35.5. The predicted octanol–water partition coefficient (Wildman–Crippen LogP) is 4.33. The number of rotatable bonds is 2. The molecule has 2 aromatic rings. The Hall–Kier alpha value is -1.64. The zero-order valence-corrected chi connectivity index (χ0v) is 11.0. The van der Waals surface area contributed by atoms with Gasteiger partial charge in [-0.05, 0) is 11.6 Å². The van der Waals surface area contributed by atoms with Crippen molar-refractivity contribution in [3.05, 3.63) is 57.6 Å². The number of nitrogens with two attached hydrogens (primary N) is 2. The SMILES string of the molecule is Nc1cc(Cl)c(Cl)c(C=Cc2ccccc2)c1N. The average molecular weight is 279 g/mol. The zero-order chi connectivity index (χ0) is 13.1. The lowest BCUT2D eigenvalue weighted by Crippen LogP contribution is -1.98. The molecular weight excluding hydrogens is 267 g/mol. The van der Waals surface area contributed by atoms with Gasteiger partial charge in [-0.1, -0.05) is 65.7 Å². The van der Waals surface area contributed by atoms with Crippen LogP contribution >= 0.6 is 23.2 Å². The maximum absolute atomic E-state index is 6.12. The standard InChI is InChI=1S/C14H12Cl2N2/c15-11-8-12(17)14(18)10(13(11)16)7-6-9-4-2-1-3-5-9/h1-8H,17-18H2. The van der Waals surface area contributed by atoms with Crippen molar-refractivity contribution in [3.63, 3.8) is 0 Å². The fourth-order valence-electron chi connectivity index (χ4n) is 1.59. The van der Waals surface area contributed by atoms with Crippen LogP contribution in [0.1, 0.15) is 11.1 Å². The summed E-state index contributed by atoms with van der Waals surface area (Å²) in [5, 5.41) is 0.812. The van der Waals surface area contributed by atoms with Crippen molar-refractivity contribution in [1.29, 1.82) is 0 Å². The van der Waals surface area contributed by atoms with E-state index in [4.69, 9.17) is 34.7 Å². The summed E-state index contributed by atoms with van der Waals surface area (Å²) in [4.78, 5) is 0. The molecule has 0 aliphatic carbocycles. The van der Waals surface area contributed by atoms with Crippen molar-refractivity contribution >= 4 is 46.7 Å². The minimum atomic E-state index is 0.399. The third kappa shape index (κ3) is 2.61. The van der Waals surface area contributed by atoms with E-state index in [-0.39, 0.29) is 0 Å². The first kappa shape index (κ1) is 12.8. The van der Waals surface area contributed by atoms with Gasteiger partial charge in [-0.15, -0.1) is 0 Å². The number of hydrogen-bond donors (Lipinski definition) is 2. The highest BCUT2D eigenvalue weighted by Gasteiger charge is 2.09. The van der Waals surface area contributed by atoms with Crippen LogP contribution in [0.5, 0.6) is 0 Å². The average Bonchev–Trinajstić information content (AvgIpc) is 2.38. The lowest BCUT2D eigenvalue weighted by Gasteiger charge is -2.08. The van der Waals surface area contributed by atoms with Crippen LogP contribution in [0.3, 0.4) is 0 Å². The van der Waals surface area contributed by atoms with Crippen molar-refractivity contribution in [2.75, 3.05) is 11.5 Å². The van der Waals surface area contributed by atoms with Crippen molar-refractivity contribution < 1.29 is 0 Å². The van der Waals surface area contributed by atoms with Crippen LogP contribution in [0, 0.1) is 0 Å². The van der Waals surface area contributed by atoms with E-state index in [9.17, 15) is 0 Å². The Morgan fingerprint density at radius 1 is 0.944 bits per heavy atom. The second-order valence-corrected chi connectivity index (χ2v) is 4.62. The van der Waals surface area contributed by atoms with Crippen LogP contribution in [-0.2, 0) is 0 Å². The van der Waals surface area contributed by atoms with Gasteiger partial charge in [0.05, 0.1) is 21.4 Å². The zero-order valence-electron chi connectivity index (χ0n) is 9.53. The second kappa shape index (κ2) is 5.34. The van der Waals surface area contributed by atoms with E-state index in [0.29, 0.717) is 27.0 Å². The molecule has 2 nitrogen and oxygen atoms in total. The molecule has 0 saturated carbocycles. The van der Waals surface area contributed by atoms with Crippen LogP contribution in [0.2, 0.25) is 10.0 Å². The molecule has 0 heterocycles. The molecule has 0 amide bonds. The van der Waals surface area contributed by atoms with E-state index in [1.165, 1.54) is 0 Å². The molecule has 0 aliphatic rings. The molecule has 18 heavy (non-hydrogen) atoms. The molecule has 0 aliphatic heterocycles. The summed E-state index contributed by atoms with van der Waals surface area (Å²) < 4.78 is 0. The highest BCUT2D eigenvalue weighted by Crippen LogP contribution is 2.35. The number of hydrogen-bond acceptors (Lipinski definition) is 2. The summed E-state index contributed by atoms with van der Waals surface area (Å²) in [7, 11) is 0. The Morgan fingerprint density at radius 3 is 2.28 bits per heavy atom. The lowest BCUT2D eigenvalue weighted by atomic mass is 10.1. The van der Waals surface area contributed by atoms with E-state index >= 15 is 0 Å². The highest BCUT2D eigenvalue weighted by molar-refractivity contribution is 6.43. The van der Waals surface area contributed by atoms with Crippen molar-refractivity contribution in [2.24, 2.45) is 0 Å². The number of benzene rings is 2. The van der Waals surface area contributed by atoms with Gasteiger partial charge >= 0.3 is 0 Å². The Balaban J connectivity index is 2.44. The molecule has 92 valence electrons. The monoisotopic (exact) mass is 278 g/mol. The van der Waals surface area contributed by atoms with Crippen LogP contribution < -0.4 is 11.5 Å². The van der Waals surface area contributed by atoms with Gasteiger partial charge in [0.1, 0.15) is 0 Å². The van der Waals surface area contributed by atoms with Gasteiger partial charge in [0, 0.05) is 5.56 Å². The molecule has 0 radical (unpaired) electrons. The Kier molecular flexibility index (Phi) is 3.80. The van der Waals surface area contributed by atoms with Gasteiger partial charge in [0.15, 0.2) is 0 Å². The fourth-order valence-corrected chi connectivity index (χ4v) is 2.03. The number of halogens is 2. The molecular formula is C14H12Cl2N2. The van der Waals surface area contributed by atoms with E-state index in [2.05, 4.69) is 0 Å². The van der Waals surface area contributed by atoms with Crippen LogP contribution in [-0.4, -0.2) is 0 Å². The Bertz CT molecular complexity index is 566. The van der Waals surface area contributed by atoms with Crippen molar-refractivity contribution in [1.82, 2.24) is 0 Å². The molecule has 0 fully saturated rings. The van der Waals surface area contributed by atoms with Gasteiger partial charge in [-0.2, -0.15) is 0 Å². The molecule has 4 N–H and O–H groups in total. The minimum Gasteiger partial charge on any atom is -0.397 e. The second-order valence-electron chi connectivity index (χ2n) is 3.83. The third-order valence-corrected chi connectivity index (χ3v) is 3.37. The largest absolute Gasteiger partial charge is 0.397 e. The summed E-state index contributed by atoms with van der Waals surface area (Å²) in [5.74, 6) is 0. The molecule has 0 aromatic heterocycles. The van der Waals surface area contributed by atoms with Crippen LogP contribution in [0.15, 0.2) is 36.4 Å². The van der Waals surface area contributed by atoms with Gasteiger partial charge in [0.25, 0.3) is 0 Å². The first-order valence-corrected chi connectivity index (χ1v) is 6.11. The summed E-state index contributed by atoms with van der Waals surface area (Å²) in [5.41, 5.74) is 14.2. The molecule has 0 atom stereocenters. The van der Waals surface area contributed by atoms with Gasteiger partial charge < -0.3 is 11.5 Å². The van der Waals surface area contributed by atoms with Gasteiger partial charge in [0.2, 0.25) is 0 Å². The third-order valence-electron chi connectivity index (χ3n) is 2.57. The minimum absolute atomic E-state index is 0.399. The van der Waals surface area contributed by atoms with E-state index in [0.717, 1.165) is 5.56 Å². The quantitative estimate of drug-likeness (QED) is 0.635. The van der Waals surface area contributed by atoms with Gasteiger partial charge in [-0.25, -0.2) is 0 Å². The first-order valence-electron chi connectivity index (χ1n) is 5.35. The van der Waals surface area contributed by atoms with Crippen LogP contribution in [0.25, 0.3) is 12.2 Å². The van der Waals surface area contributed by atoms with E-state index < -0.39 is 0 Å². The van der Waals surface area contributed by atoms with E-state index in [1.807, 2.05) is 42.5 Å². The first-order chi connectivity index (χ1) is 8.59. The van der Waals surface area contributed by atoms with Crippen molar-refractivity contribution in [2.45, 2.75) is 0 Å². The Morgan fingerprint density at radius 2 is 1.61 bits per heavy atom. The summed E-state index contributed by atoms with van der Waals surface area (Å²) in [6.45, 7) is 0. The molecule has 2 aromatic carbocycles. The maximum atomic E-state index is 6.12. The number of anilines is 2. The predicted molar refractivity (Wildman–Crippen MR) is 80.7 cm³/mol. The fraction of sp³-hybridized carbons (Fsp3) is 0. The smallest absolute Gasteiger partial charge is 0.0686 e. The molecule has 4 heteroatoms. The molecule has 0 saturated heterocycles. The van der Waals surface area contributed by atoms with Crippen LogP contribution in [0.4, 0.5) is 11.4 Å². The van der Waals surface area contributed by atoms with Crippen molar-refractivity contribution in [3.8, 4) is 0 Å².